The van der Waals surface area contributed by atoms with Crippen molar-refractivity contribution in [1.82, 2.24) is 15.6 Å². The van der Waals surface area contributed by atoms with Gasteiger partial charge >= 0.3 is 0 Å². The topological polar surface area (TPSA) is 74.0 Å². The van der Waals surface area contributed by atoms with E-state index < -0.39 is 5.91 Å². The molecule has 0 aliphatic rings. The number of aromatic nitrogens is 1. The zero-order chi connectivity index (χ0) is 18.2. The minimum Gasteiger partial charge on any atom is -0.355 e. The van der Waals surface area contributed by atoms with Gasteiger partial charge in [-0.05, 0) is 24.7 Å². The third kappa shape index (κ3) is 5.22. The standard InChI is InChI=1S/C18H20ClN3O2S/c1-3-14-16(23)15(11-22-18(14)25-9-8-20-2)17(24)21-10-12-4-6-13(19)7-5-12/h3-7,11,20H,1,8-10H2,2H3,(H,21,24)(H,22,23). The molecule has 2 aromatic rings. The predicted molar refractivity (Wildman–Crippen MR) is 104 cm³/mol. The number of pyridine rings is 1. The van der Waals surface area contributed by atoms with Gasteiger partial charge < -0.3 is 15.6 Å². The molecule has 1 heterocycles. The molecule has 0 aliphatic heterocycles. The molecule has 0 radical (unpaired) electrons. The van der Waals surface area contributed by atoms with Crippen molar-refractivity contribution >= 4 is 35.3 Å². The van der Waals surface area contributed by atoms with Gasteiger partial charge in [0, 0.05) is 30.1 Å². The van der Waals surface area contributed by atoms with Crippen LogP contribution in [-0.4, -0.2) is 30.2 Å². The molecule has 0 bridgehead atoms. The number of aromatic amines is 1. The van der Waals surface area contributed by atoms with E-state index in [0.29, 0.717) is 22.2 Å². The van der Waals surface area contributed by atoms with Crippen molar-refractivity contribution in [3.63, 3.8) is 0 Å². The molecule has 0 atom stereocenters. The summed E-state index contributed by atoms with van der Waals surface area (Å²) < 4.78 is 0. The van der Waals surface area contributed by atoms with Gasteiger partial charge in [0.1, 0.15) is 5.56 Å². The highest BCUT2D eigenvalue weighted by Gasteiger charge is 2.15. The molecule has 1 amide bonds. The van der Waals surface area contributed by atoms with E-state index in [4.69, 9.17) is 11.6 Å². The van der Waals surface area contributed by atoms with Crippen LogP contribution >= 0.6 is 23.4 Å². The molecule has 3 N–H and O–H groups in total. The lowest BCUT2D eigenvalue weighted by Gasteiger charge is -2.09. The van der Waals surface area contributed by atoms with Crippen molar-refractivity contribution in [2.75, 3.05) is 19.3 Å². The van der Waals surface area contributed by atoms with Gasteiger partial charge in [0.15, 0.2) is 0 Å². The second-order valence-electron chi connectivity index (χ2n) is 5.24. The molecular formula is C18H20ClN3O2S. The Kier molecular flexibility index (Phi) is 7.31. The molecule has 0 spiro atoms. The van der Waals surface area contributed by atoms with Crippen LogP contribution in [-0.2, 0) is 6.54 Å². The van der Waals surface area contributed by atoms with Gasteiger partial charge in [0.25, 0.3) is 5.91 Å². The minimum absolute atomic E-state index is 0.0711. The Balaban J connectivity index is 2.12. The number of thioether (sulfide) groups is 1. The maximum atomic E-state index is 12.6. The van der Waals surface area contributed by atoms with Gasteiger partial charge in [-0.15, -0.1) is 11.8 Å². The number of H-pyrrole nitrogens is 1. The Morgan fingerprint density at radius 3 is 2.72 bits per heavy atom. The first-order valence-electron chi connectivity index (χ1n) is 7.75. The molecule has 0 fully saturated rings. The summed E-state index contributed by atoms with van der Waals surface area (Å²) in [6.45, 7) is 4.82. The van der Waals surface area contributed by atoms with Gasteiger partial charge in [-0.2, -0.15) is 0 Å². The number of hydrogen-bond acceptors (Lipinski definition) is 4. The average molecular weight is 378 g/mol. The fraction of sp³-hybridized carbons (Fsp3) is 0.222. The first-order valence-corrected chi connectivity index (χ1v) is 9.11. The smallest absolute Gasteiger partial charge is 0.257 e. The van der Waals surface area contributed by atoms with E-state index in [-0.39, 0.29) is 11.0 Å². The highest BCUT2D eigenvalue weighted by atomic mass is 35.5. The van der Waals surface area contributed by atoms with Crippen LogP contribution in [0.3, 0.4) is 0 Å². The lowest BCUT2D eigenvalue weighted by Crippen LogP contribution is -2.29. The van der Waals surface area contributed by atoms with Gasteiger partial charge in [-0.25, -0.2) is 0 Å². The molecular weight excluding hydrogens is 358 g/mol. The SMILES string of the molecule is C=Cc1c(SCCNC)[nH]cc(C(=O)NCc2ccc(Cl)cc2)c1=O. The van der Waals surface area contributed by atoms with Crippen LogP contribution in [0.15, 0.2) is 46.9 Å². The Hall–Kier alpha value is -2.02. The minimum atomic E-state index is -0.425. The van der Waals surface area contributed by atoms with Crippen LogP contribution in [0, 0.1) is 0 Å². The second kappa shape index (κ2) is 9.46. The van der Waals surface area contributed by atoms with Crippen LogP contribution in [0.5, 0.6) is 0 Å². The highest BCUT2D eigenvalue weighted by Crippen LogP contribution is 2.18. The van der Waals surface area contributed by atoms with Gasteiger partial charge in [0.2, 0.25) is 5.43 Å². The van der Waals surface area contributed by atoms with Crippen molar-refractivity contribution in [1.29, 1.82) is 0 Å². The third-order valence-electron chi connectivity index (χ3n) is 3.50. The summed E-state index contributed by atoms with van der Waals surface area (Å²) in [6.07, 6.45) is 2.94. The van der Waals surface area contributed by atoms with Crippen molar-refractivity contribution in [2.45, 2.75) is 11.6 Å². The van der Waals surface area contributed by atoms with Crippen molar-refractivity contribution < 1.29 is 4.79 Å². The number of carbonyl (C=O) groups excluding carboxylic acids is 1. The van der Waals surface area contributed by atoms with E-state index in [9.17, 15) is 9.59 Å². The Morgan fingerprint density at radius 1 is 1.36 bits per heavy atom. The Bertz CT molecular complexity index is 803. The van der Waals surface area contributed by atoms with Crippen molar-refractivity contribution in [3.05, 3.63) is 69.0 Å². The Morgan fingerprint density at radius 2 is 2.08 bits per heavy atom. The maximum Gasteiger partial charge on any atom is 0.257 e. The summed E-state index contributed by atoms with van der Waals surface area (Å²) in [7, 11) is 1.87. The lowest BCUT2D eigenvalue weighted by atomic mass is 10.1. The number of carbonyl (C=O) groups is 1. The van der Waals surface area contributed by atoms with E-state index in [0.717, 1.165) is 17.9 Å². The molecule has 7 heteroatoms. The summed E-state index contributed by atoms with van der Waals surface area (Å²) in [5.74, 6) is 0.376. The number of rotatable bonds is 8. The summed E-state index contributed by atoms with van der Waals surface area (Å²) in [5, 5.41) is 7.14. The van der Waals surface area contributed by atoms with Crippen LogP contribution in [0.25, 0.3) is 6.08 Å². The quantitative estimate of drug-likeness (QED) is 0.488. The van der Waals surface area contributed by atoms with Gasteiger partial charge in [-0.1, -0.05) is 36.4 Å². The molecule has 25 heavy (non-hydrogen) atoms. The van der Waals surface area contributed by atoms with E-state index in [1.807, 2.05) is 19.2 Å². The first kappa shape index (κ1) is 19.3. The van der Waals surface area contributed by atoms with Crippen molar-refractivity contribution in [3.8, 4) is 0 Å². The molecule has 1 aromatic carbocycles. The van der Waals surface area contributed by atoms with E-state index in [1.165, 1.54) is 24.0 Å². The third-order valence-corrected chi connectivity index (χ3v) is 4.78. The molecule has 132 valence electrons. The summed E-state index contributed by atoms with van der Waals surface area (Å²) >= 11 is 7.35. The molecule has 5 nitrogen and oxygen atoms in total. The van der Waals surface area contributed by atoms with Crippen molar-refractivity contribution in [2.24, 2.45) is 0 Å². The number of amides is 1. The normalized spacial score (nSPS) is 10.5. The van der Waals surface area contributed by atoms with Crippen LogP contribution in [0.2, 0.25) is 5.02 Å². The van der Waals surface area contributed by atoms with Gasteiger partial charge in [-0.3, -0.25) is 9.59 Å². The predicted octanol–water partition coefficient (Wildman–Crippen LogP) is 2.91. The zero-order valence-corrected chi connectivity index (χ0v) is 15.5. The van der Waals surface area contributed by atoms with Gasteiger partial charge in [0.05, 0.1) is 10.6 Å². The molecule has 2 rings (SSSR count). The zero-order valence-electron chi connectivity index (χ0n) is 13.9. The second-order valence-corrected chi connectivity index (χ2v) is 6.78. The van der Waals surface area contributed by atoms with E-state index >= 15 is 0 Å². The number of hydrogen-bond donors (Lipinski definition) is 3. The van der Waals surface area contributed by atoms with E-state index in [2.05, 4.69) is 22.2 Å². The fourth-order valence-corrected chi connectivity index (χ4v) is 3.25. The molecule has 0 saturated heterocycles. The number of halogens is 1. The molecule has 0 aliphatic carbocycles. The highest BCUT2D eigenvalue weighted by molar-refractivity contribution is 7.99. The summed E-state index contributed by atoms with van der Waals surface area (Å²) in [4.78, 5) is 27.9. The number of nitrogens with one attached hydrogen (secondary N) is 3. The van der Waals surface area contributed by atoms with E-state index in [1.54, 1.807) is 12.1 Å². The monoisotopic (exact) mass is 377 g/mol. The fourth-order valence-electron chi connectivity index (χ4n) is 2.14. The van der Waals surface area contributed by atoms with Crippen LogP contribution < -0.4 is 16.1 Å². The molecule has 0 saturated carbocycles. The Labute approximate surface area is 155 Å². The first-order chi connectivity index (χ1) is 12.1. The maximum absolute atomic E-state index is 12.6. The van der Waals surface area contributed by atoms with Crippen LogP contribution in [0.1, 0.15) is 21.5 Å². The molecule has 0 unspecified atom stereocenters. The average Bonchev–Trinajstić information content (AvgIpc) is 2.61. The van der Waals surface area contributed by atoms with Crippen LogP contribution in [0.4, 0.5) is 0 Å². The summed E-state index contributed by atoms with van der Waals surface area (Å²) in [6, 6.07) is 7.15. The largest absolute Gasteiger partial charge is 0.355 e. The number of benzene rings is 1. The molecule has 1 aromatic heterocycles. The summed E-state index contributed by atoms with van der Waals surface area (Å²) in [5.41, 5.74) is 1.06. The lowest BCUT2D eigenvalue weighted by molar-refractivity contribution is 0.0949.